The summed E-state index contributed by atoms with van der Waals surface area (Å²) in [6.07, 6.45) is 0. The second-order valence-corrected chi connectivity index (χ2v) is 8.16. The van der Waals surface area contributed by atoms with Crippen LogP contribution in [0.2, 0.25) is 0 Å². The largest absolute Gasteiger partial charge is 0.510 e. The van der Waals surface area contributed by atoms with Crippen LogP contribution >= 0.6 is 11.8 Å². The summed E-state index contributed by atoms with van der Waals surface area (Å²) in [7, 11) is 0. The van der Waals surface area contributed by atoms with Crippen LogP contribution in [-0.4, -0.2) is 40.5 Å². The smallest absolute Gasteiger partial charge is 0.214 e. The molecule has 2 N–H and O–H groups in total. The van der Waals surface area contributed by atoms with E-state index in [9.17, 15) is 10.4 Å². The lowest BCUT2D eigenvalue weighted by molar-refractivity contribution is 0.401. The molecule has 8 nitrogen and oxygen atoms in total. The Morgan fingerprint density at radius 1 is 1.17 bits per heavy atom. The van der Waals surface area contributed by atoms with E-state index in [1.807, 2.05) is 56.3 Å². The van der Waals surface area contributed by atoms with Crippen molar-refractivity contribution in [1.29, 1.82) is 5.26 Å². The number of nitrogens with zero attached hydrogens (tertiary/aromatic N) is 6. The van der Waals surface area contributed by atoms with Crippen LogP contribution in [0.4, 0.5) is 0 Å². The molecular formula is C21H19N7OS. The summed E-state index contributed by atoms with van der Waals surface area (Å²) >= 11 is 1.27. The zero-order valence-electron chi connectivity index (χ0n) is 16.7. The standard InChI is InChI=1S/C21H19N7OS/c1-12-7-6-8-13(2)18(12)28-21(25-26-27-28)30-14(3)19(29)15(11-22)20-23-16-9-4-5-10-17(16)24-20/h4-10,14,29H,1-3H3,(H,23,24)/b19-15-/t14-/m1/s1. The quantitative estimate of drug-likeness (QED) is 0.285. The van der Waals surface area contributed by atoms with E-state index < -0.39 is 5.25 Å². The minimum absolute atomic E-state index is 0.0855. The molecule has 0 radical (unpaired) electrons. The normalized spacial score (nSPS) is 13.1. The van der Waals surface area contributed by atoms with Crippen molar-refractivity contribution in [3.8, 4) is 11.8 Å². The number of nitriles is 1. The van der Waals surface area contributed by atoms with Crippen LogP contribution in [0, 0.1) is 25.2 Å². The third-order valence-corrected chi connectivity index (χ3v) is 5.80. The number of aliphatic hydroxyl groups excluding tert-OH is 1. The van der Waals surface area contributed by atoms with E-state index in [-0.39, 0.29) is 11.3 Å². The first-order valence-electron chi connectivity index (χ1n) is 9.29. The first-order chi connectivity index (χ1) is 14.5. The Hall–Kier alpha value is -3.64. The molecule has 0 aliphatic rings. The molecule has 4 rings (SSSR count). The summed E-state index contributed by atoms with van der Waals surface area (Å²) in [5.41, 5.74) is 4.60. The molecule has 4 aromatic rings. The predicted octanol–water partition coefficient (Wildman–Crippen LogP) is 4.13. The number of aliphatic hydroxyl groups is 1. The van der Waals surface area contributed by atoms with Gasteiger partial charge in [0, 0.05) is 0 Å². The number of benzene rings is 2. The van der Waals surface area contributed by atoms with Crippen LogP contribution in [0.15, 0.2) is 53.4 Å². The van der Waals surface area contributed by atoms with Crippen LogP contribution in [0.5, 0.6) is 0 Å². The van der Waals surface area contributed by atoms with Crippen molar-refractivity contribution < 1.29 is 5.11 Å². The number of thioether (sulfide) groups is 1. The van der Waals surface area contributed by atoms with Gasteiger partial charge in [-0.15, -0.1) is 5.10 Å². The molecule has 150 valence electrons. The van der Waals surface area contributed by atoms with Crippen LogP contribution in [-0.2, 0) is 0 Å². The molecule has 0 amide bonds. The molecule has 9 heteroatoms. The van der Waals surface area contributed by atoms with Gasteiger partial charge in [0.25, 0.3) is 0 Å². The van der Waals surface area contributed by atoms with Gasteiger partial charge in [-0.25, -0.2) is 4.98 Å². The van der Waals surface area contributed by atoms with Gasteiger partial charge in [0.15, 0.2) is 5.82 Å². The highest BCUT2D eigenvalue weighted by Crippen LogP contribution is 2.31. The van der Waals surface area contributed by atoms with E-state index in [1.165, 1.54) is 11.8 Å². The van der Waals surface area contributed by atoms with Crippen LogP contribution in [0.25, 0.3) is 22.3 Å². The van der Waals surface area contributed by atoms with Gasteiger partial charge in [-0.3, -0.25) is 0 Å². The van der Waals surface area contributed by atoms with E-state index in [0.717, 1.165) is 27.8 Å². The fraction of sp³-hybridized carbons (Fsp3) is 0.190. The highest BCUT2D eigenvalue weighted by molar-refractivity contribution is 7.99. The summed E-state index contributed by atoms with van der Waals surface area (Å²) < 4.78 is 1.66. The summed E-state index contributed by atoms with van der Waals surface area (Å²) in [4.78, 5) is 7.51. The highest BCUT2D eigenvalue weighted by Gasteiger charge is 2.22. The summed E-state index contributed by atoms with van der Waals surface area (Å²) in [5, 5.41) is 32.6. The first kappa shape index (κ1) is 19.7. The van der Waals surface area contributed by atoms with Crippen molar-refractivity contribution in [1.82, 2.24) is 30.2 Å². The molecular weight excluding hydrogens is 398 g/mol. The Balaban J connectivity index is 1.68. The number of allylic oxidation sites excluding steroid dienone is 1. The Kier molecular flexibility index (Phi) is 5.25. The van der Waals surface area contributed by atoms with Crippen molar-refractivity contribution in [2.75, 3.05) is 0 Å². The van der Waals surface area contributed by atoms with Gasteiger partial charge in [0.1, 0.15) is 17.4 Å². The summed E-state index contributed by atoms with van der Waals surface area (Å²) in [6, 6.07) is 15.5. The second kappa shape index (κ2) is 8.00. The Morgan fingerprint density at radius 3 is 2.60 bits per heavy atom. The third kappa shape index (κ3) is 3.53. The maximum absolute atomic E-state index is 10.8. The molecule has 0 unspecified atom stereocenters. The number of aryl methyl sites for hydroxylation is 2. The number of rotatable bonds is 5. The lowest BCUT2D eigenvalue weighted by Crippen LogP contribution is -2.09. The number of para-hydroxylation sites is 3. The Bertz CT molecular complexity index is 1240. The number of aromatic nitrogens is 6. The van der Waals surface area contributed by atoms with Gasteiger partial charge in [-0.2, -0.15) is 9.94 Å². The number of aromatic amines is 1. The fourth-order valence-electron chi connectivity index (χ4n) is 3.25. The number of fused-ring (bicyclic) bond motifs is 1. The van der Waals surface area contributed by atoms with Gasteiger partial charge in [0.05, 0.1) is 22.0 Å². The molecule has 2 heterocycles. The topological polar surface area (TPSA) is 116 Å². The van der Waals surface area contributed by atoms with E-state index in [4.69, 9.17) is 0 Å². The van der Waals surface area contributed by atoms with Crippen LogP contribution in [0.1, 0.15) is 23.9 Å². The Labute approximate surface area is 177 Å². The molecule has 2 aromatic heterocycles. The number of nitrogens with one attached hydrogen (secondary N) is 1. The molecule has 0 spiro atoms. The maximum atomic E-state index is 10.8. The van der Waals surface area contributed by atoms with Crippen LogP contribution in [0.3, 0.4) is 0 Å². The molecule has 0 bridgehead atoms. The highest BCUT2D eigenvalue weighted by atomic mass is 32.2. The second-order valence-electron chi connectivity index (χ2n) is 6.85. The number of H-pyrrole nitrogens is 1. The van der Waals surface area contributed by atoms with Gasteiger partial charge in [0.2, 0.25) is 5.16 Å². The number of hydrogen-bond acceptors (Lipinski definition) is 7. The SMILES string of the molecule is Cc1cccc(C)c1-n1nnnc1S[C@H](C)/C(O)=C(\C#N)c1nc2ccccc2[nH]1. The minimum Gasteiger partial charge on any atom is -0.510 e. The molecule has 30 heavy (non-hydrogen) atoms. The molecule has 0 aliphatic carbocycles. The van der Waals surface area contributed by atoms with Gasteiger partial charge in [-0.1, -0.05) is 42.1 Å². The lowest BCUT2D eigenvalue weighted by atomic mass is 10.1. The molecule has 2 aromatic carbocycles. The molecule has 0 saturated carbocycles. The fourth-order valence-corrected chi connectivity index (χ4v) is 4.11. The van der Waals surface area contributed by atoms with E-state index in [0.29, 0.717) is 11.0 Å². The van der Waals surface area contributed by atoms with Crippen LogP contribution < -0.4 is 0 Å². The summed E-state index contributed by atoms with van der Waals surface area (Å²) in [6.45, 7) is 5.78. The molecule has 0 fully saturated rings. The van der Waals surface area contributed by atoms with E-state index >= 15 is 0 Å². The van der Waals surface area contributed by atoms with Crippen molar-refractivity contribution in [3.63, 3.8) is 0 Å². The minimum atomic E-state index is -0.470. The average molecular weight is 417 g/mol. The van der Waals surface area contributed by atoms with Crippen molar-refractivity contribution in [2.24, 2.45) is 0 Å². The molecule has 1 atom stereocenters. The molecule has 0 saturated heterocycles. The first-order valence-corrected chi connectivity index (χ1v) is 10.2. The number of hydrogen-bond donors (Lipinski definition) is 2. The Morgan fingerprint density at radius 2 is 1.90 bits per heavy atom. The van der Waals surface area contributed by atoms with Gasteiger partial charge in [-0.05, 0) is 54.5 Å². The van der Waals surface area contributed by atoms with Crippen molar-refractivity contribution in [2.45, 2.75) is 31.2 Å². The summed E-state index contributed by atoms with van der Waals surface area (Å²) in [5.74, 6) is 0.246. The van der Waals surface area contributed by atoms with Gasteiger partial charge >= 0.3 is 0 Å². The number of tetrazole rings is 1. The maximum Gasteiger partial charge on any atom is 0.214 e. The third-order valence-electron chi connectivity index (χ3n) is 4.75. The van der Waals surface area contributed by atoms with Crippen molar-refractivity contribution >= 4 is 28.4 Å². The van der Waals surface area contributed by atoms with Crippen molar-refractivity contribution in [3.05, 3.63) is 65.2 Å². The predicted molar refractivity (Wildman–Crippen MR) is 115 cm³/mol. The zero-order chi connectivity index (χ0) is 21.3. The van der Waals surface area contributed by atoms with Gasteiger partial charge < -0.3 is 10.1 Å². The van der Waals surface area contributed by atoms with E-state index in [2.05, 4.69) is 31.6 Å². The molecule has 0 aliphatic heterocycles. The zero-order valence-corrected chi connectivity index (χ0v) is 17.5. The average Bonchev–Trinajstić information content (AvgIpc) is 3.35. The number of imidazole rings is 1. The monoisotopic (exact) mass is 417 g/mol. The lowest BCUT2D eigenvalue weighted by Gasteiger charge is -2.13. The van der Waals surface area contributed by atoms with E-state index in [1.54, 1.807) is 11.6 Å².